The van der Waals surface area contributed by atoms with Crippen molar-refractivity contribution in [2.45, 2.75) is 58.8 Å². The highest BCUT2D eigenvalue weighted by Crippen LogP contribution is 2.51. The van der Waals surface area contributed by atoms with Crippen molar-refractivity contribution >= 4 is 11.5 Å². The molecule has 1 aliphatic carbocycles. The third-order valence-electron chi connectivity index (χ3n) is 6.47. The molecule has 4 nitrogen and oxygen atoms in total. The first-order valence-electron chi connectivity index (χ1n) is 10.9. The Labute approximate surface area is 185 Å². The summed E-state index contributed by atoms with van der Waals surface area (Å²) in [5.74, 6) is 1.46. The summed E-state index contributed by atoms with van der Waals surface area (Å²) in [4.78, 5) is 13.4. The summed E-state index contributed by atoms with van der Waals surface area (Å²) in [6.07, 6.45) is 1.41. The molecule has 0 bridgehead atoms. The fraction of sp³-hybridized carbons (Fsp3) is 0.444. The maximum atomic E-state index is 13.4. The number of hydrogen-bond donors (Lipinski definition) is 1. The molecule has 4 heteroatoms. The molecule has 2 aromatic carbocycles. The molecule has 1 N–H and O–H groups in total. The SMILES string of the molecule is COc1cc2c(cc1OC)[C@@H](c1ccc(C(C)(C)C)cc1)C1=C(CC(C)(C)CC1=O)N2. The highest BCUT2D eigenvalue weighted by atomic mass is 16.5. The second kappa shape index (κ2) is 7.44. The van der Waals surface area contributed by atoms with Gasteiger partial charge in [0, 0.05) is 35.4 Å². The lowest BCUT2D eigenvalue weighted by molar-refractivity contribution is -0.118. The highest BCUT2D eigenvalue weighted by molar-refractivity contribution is 6.01. The largest absolute Gasteiger partial charge is 0.493 e. The number of allylic oxidation sites excluding steroid dienone is 2. The number of benzene rings is 2. The van der Waals surface area contributed by atoms with E-state index in [0.29, 0.717) is 17.9 Å². The van der Waals surface area contributed by atoms with Gasteiger partial charge in [-0.25, -0.2) is 0 Å². The minimum absolute atomic E-state index is 0.0579. The van der Waals surface area contributed by atoms with Gasteiger partial charge in [0.05, 0.1) is 14.2 Å². The van der Waals surface area contributed by atoms with Gasteiger partial charge in [-0.1, -0.05) is 58.9 Å². The number of ether oxygens (including phenoxy) is 2. The number of ketones is 1. The van der Waals surface area contributed by atoms with Gasteiger partial charge >= 0.3 is 0 Å². The van der Waals surface area contributed by atoms with E-state index in [0.717, 1.165) is 34.5 Å². The second-order valence-corrected chi connectivity index (χ2v) is 10.6. The summed E-state index contributed by atoms with van der Waals surface area (Å²) in [5, 5.41) is 3.57. The lowest BCUT2D eigenvalue weighted by Gasteiger charge is -2.39. The lowest BCUT2D eigenvalue weighted by atomic mass is 9.68. The zero-order valence-electron chi connectivity index (χ0n) is 19.7. The highest BCUT2D eigenvalue weighted by Gasteiger charge is 2.41. The number of hydrogen-bond acceptors (Lipinski definition) is 4. The molecule has 0 unspecified atom stereocenters. The number of carbonyl (C=O) groups is 1. The minimum atomic E-state index is -0.122. The van der Waals surface area contributed by atoms with E-state index >= 15 is 0 Å². The van der Waals surface area contributed by atoms with Gasteiger partial charge in [0.1, 0.15) is 0 Å². The first-order valence-corrected chi connectivity index (χ1v) is 10.9. The molecule has 0 fully saturated rings. The van der Waals surface area contributed by atoms with Crippen LogP contribution in [0.4, 0.5) is 5.69 Å². The minimum Gasteiger partial charge on any atom is -0.493 e. The Hall–Kier alpha value is -2.75. The molecule has 0 spiro atoms. The Morgan fingerprint density at radius 2 is 1.58 bits per heavy atom. The van der Waals surface area contributed by atoms with Crippen LogP contribution in [0.2, 0.25) is 0 Å². The summed E-state index contributed by atoms with van der Waals surface area (Å²) in [5.41, 5.74) is 6.38. The third kappa shape index (κ3) is 3.84. The molecule has 31 heavy (non-hydrogen) atoms. The van der Waals surface area contributed by atoms with E-state index in [1.165, 1.54) is 5.56 Å². The lowest BCUT2D eigenvalue weighted by Crippen LogP contribution is -2.33. The summed E-state index contributed by atoms with van der Waals surface area (Å²) in [7, 11) is 3.29. The van der Waals surface area contributed by atoms with Crippen molar-refractivity contribution in [3.8, 4) is 11.5 Å². The molecule has 1 atom stereocenters. The van der Waals surface area contributed by atoms with Crippen molar-refractivity contribution in [1.82, 2.24) is 0 Å². The normalized spacial score (nSPS) is 20.0. The fourth-order valence-electron chi connectivity index (χ4n) is 4.86. The number of carbonyl (C=O) groups excluding carboxylic acids is 1. The molecule has 1 heterocycles. The molecular formula is C27H33NO3. The number of nitrogens with one attached hydrogen (secondary N) is 1. The van der Waals surface area contributed by atoms with Gasteiger partial charge < -0.3 is 14.8 Å². The first-order chi connectivity index (χ1) is 14.5. The molecule has 0 saturated carbocycles. The molecule has 4 rings (SSSR count). The van der Waals surface area contributed by atoms with Crippen LogP contribution >= 0.6 is 0 Å². The van der Waals surface area contributed by atoms with Gasteiger partial charge in [-0.05, 0) is 40.0 Å². The van der Waals surface area contributed by atoms with Crippen molar-refractivity contribution in [1.29, 1.82) is 0 Å². The summed E-state index contributed by atoms with van der Waals surface area (Å²) < 4.78 is 11.1. The molecule has 0 amide bonds. The zero-order chi connectivity index (χ0) is 22.6. The Morgan fingerprint density at radius 1 is 0.968 bits per heavy atom. The Bertz CT molecular complexity index is 1060. The van der Waals surface area contributed by atoms with E-state index < -0.39 is 0 Å². The smallest absolute Gasteiger partial charge is 0.162 e. The Kier molecular flexibility index (Phi) is 5.15. The molecule has 164 valence electrons. The van der Waals surface area contributed by atoms with Crippen LogP contribution < -0.4 is 14.8 Å². The van der Waals surface area contributed by atoms with E-state index in [1.807, 2.05) is 12.1 Å². The molecule has 1 aliphatic heterocycles. The van der Waals surface area contributed by atoms with Gasteiger partial charge in [0.15, 0.2) is 17.3 Å². The number of fused-ring (bicyclic) bond motifs is 1. The number of rotatable bonds is 3. The predicted octanol–water partition coefficient (Wildman–Crippen LogP) is 6.20. The standard InChI is InChI=1S/C27H33NO3/c1-26(2,3)17-10-8-16(9-11-17)24-18-12-22(30-6)23(31-7)13-19(18)28-20-14-27(4,5)15-21(29)25(20)24/h8-13,24,28H,14-15H2,1-7H3/t24-/m1/s1. The van der Waals surface area contributed by atoms with Crippen molar-refractivity contribution in [3.63, 3.8) is 0 Å². The average Bonchev–Trinajstić information content (AvgIpc) is 2.69. The topological polar surface area (TPSA) is 47.6 Å². The van der Waals surface area contributed by atoms with Crippen LogP contribution in [-0.4, -0.2) is 20.0 Å². The fourth-order valence-corrected chi connectivity index (χ4v) is 4.86. The van der Waals surface area contributed by atoms with Crippen LogP contribution in [-0.2, 0) is 10.2 Å². The van der Waals surface area contributed by atoms with Crippen LogP contribution in [0.15, 0.2) is 47.7 Å². The van der Waals surface area contributed by atoms with Gasteiger partial charge in [-0.15, -0.1) is 0 Å². The zero-order valence-corrected chi connectivity index (χ0v) is 19.7. The molecule has 0 aromatic heterocycles. The molecular weight excluding hydrogens is 386 g/mol. The predicted molar refractivity (Wildman–Crippen MR) is 125 cm³/mol. The van der Waals surface area contributed by atoms with Crippen LogP contribution in [0.3, 0.4) is 0 Å². The van der Waals surface area contributed by atoms with E-state index in [9.17, 15) is 4.79 Å². The molecule has 0 saturated heterocycles. The molecule has 2 aromatic rings. The molecule has 2 aliphatic rings. The van der Waals surface area contributed by atoms with E-state index in [4.69, 9.17) is 9.47 Å². The quantitative estimate of drug-likeness (QED) is 0.643. The number of anilines is 1. The Morgan fingerprint density at radius 3 is 2.16 bits per heavy atom. The number of methoxy groups -OCH3 is 2. The first kappa shape index (κ1) is 21.5. The van der Waals surface area contributed by atoms with Gasteiger partial charge in [0.25, 0.3) is 0 Å². The van der Waals surface area contributed by atoms with E-state index in [-0.39, 0.29) is 22.5 Å². The van der Waals surface area contributed by atoms with E-state index in [1.54, 1.807) is 14.2 Å². The number of Topliss-reactive ketones (excluding diaryl/α,β-unsaturated/α-hetero) is 1. The van der Waals surface area contributed by atoms with Crippen molar-refractivity contribution in [2.24, 2.45) is 5.41 Å². The third-order valence-corrected chi connectivity index (χ3v) is 6.47. The average molecular weight is 420 g/mol. The molecule has 0 radical (unpaired) electrons. The maximum absolute atomic E-state index is 13.4. The van der Waals surface area contributed by atoms with Crippen LogP contribution in [0.25, 0.3) is 0 Å². The van der Waals surface area contributed by atoms with Crippen molar-refractivity contribution < 1.29 is 14.3 Å². The van der Waals surface area contributed by atoms with E-state index in [2.05, 4.69) is 64.2 Å². The van der Waals surface area contributed by atoms with Gasteiger partial charge in [-0.2, -0.15) is 0 Å². The van der Waals surface area contributed by atoms with Crippen LogP contribution in [0, 0.1) is 5.41 Å². The van der Waals surface area contributed by atoms with Crippen LogP contribution in [0.5, 0.6) is 11.5 Å². The second-order valence-electron chi connectivity index (χ2n) is 10.6. The summed E-state index contributed by atoms with van der Waals surface area (Å²) in [6, 6.07) is 12.7. The maximum Gasteiger partial charge on any atom is 0.162 e. The van der Waals surface area contributed by atoms with Crippen LogP contribution in [0.1, 0.15) is 70.1 Å². The summed E-state index contributed by atoms with van der Waals surface area (Å²) >= 11 is 0. The Balaban J connectivity index is 1.92. The monoisotopic (exact) mass is 419 g/mol. The van der Waals surface area contributed by atoms with Gasteiger partial charge in [0.2, 0.25) is 0 Å². The van der Waals surface area contributed by atoms with Crippen molar-refractivity contribution in [2.75, 3.05) is 19.5 Å². The van der Waals surface area contributed by atoms with Gasteiger partial charge in [-0.3, -0.25) is 4.79 Å². The summed E-state index contributed by atoms with van der Waals surface area (Å²) in [6.45, 7) is 11.0. The van der Waals surface area contributed by atoms with Crippen molar-refractivity contribution in [3.05, 3.63) is 64.4 Å².